The third-order valence-corrected chi connectivity index (χ3v) is 2.69. The highest BCUT2D eigenvalue weighted by atomic mass is 15.1. The number of hydrogen-bond donors (Lipinski definition) is 1. The van der Waals surface area contributed by atoms with Crippen LogP contribution in [0.5, 0.6) is 0 Å². The Morgan fingerprint density at radius 3 is 2.62 bits per heavy atom. The van der Waals surface area contributed by atoms with Crippen LogP contribution in [0.3, 0.4) is 0 Å². The average molecular weight is 182 g/mol. The summed E-state index contributed by atoms with van der Waals surface area (Å²) in [7, 11) is 0. The first kappa shape index (κ1) is 10.7. The molecule has 2 N–H and O–H groups in total. The molecule has 0 heterocycles. The van der Waals surface area contributed by atoms with Gasteiger partial charge < -0.3 is 10.6 Å². The molecule has 0 fully saturated rings. The van der Waals surface area contributed by atoms with Crippen LogP contribution in [0.4, 0.5) is 0 Å². The normalized spacial score (nSPS) is 27.4. The second-order valence-electron chi connectivity index (χ2n) is 3.94. The van der Waals surface area contributed by atoms with Gasteiger partial charge in [0.2, 0.25) is 0 Å². The predicted molar refractivity (Wildman–Crippen MR) is 57.6 cm³/mol. The van der Waals surface area contributed by atoms with Gasteiger partial charge in [0.15, 0.2) is 0 Å². The number of rotatable bonds is 5. The fourth-order valence-corrected chi connectivity index (χ4v) is 1.97. The van der Waals surface area contributed by atoms with Crippen LogP contribution < -0.4 is 5.73 Å². The van der Waals surface area contributed by atoms with E-state index in [-0.39, 0.29) is 0 Å². The van der Waals surface area contributed by atoms with Crippen molar-refractivity contribution in [3.05, 3.63) is 12.2 Å². The molecule has 2 unspecified atom stereocenters. The summed E-state index contributed by atoms with van der Waals surface area (Å²) >= 11 is 0. The Bertz CT molecular complexity index is 165. The maximum atomic E-state index is 5.81. The van der Waals surface area contributed by atoms with Gasteiger partial charge >= 0.3 is 0 Å². The van der Waals surface area contributed by atoms with Gasteiger partial charge in [-0.3, -0.25) is 0 Å². The second kappa shape index (κ2) is 5.40. The molecule has 0 bridgehead atoms. The Morgan fingerprint density at radius 1 is 1.38 bits per heavy atom. The minimum atomic E-state index is 0.310. The van der Waals surface area contributed by atoms with Crippen LogP contribution in [0.25, 0.3) is 0 Å². The van der Waals surface area contributed by atoms with Gasteiger partial charge in [0.1, 0.15) is 0 Å². The van der Waals surface area contributed by atoms with Gasteiger partial charge in [-0.2, -0.15) is 0 Å². The van der Waals surface area contributed by atoms with Crippen molar-refractivity contribution in [1.82, 2.24) is 4.90 Å². The molecule has 0 amide bonds. The van der Waals surface area contributed by atoms with E-state index in [1.165, 1.54) is 19.5 Å². The summed E-state index contributed by atoms with van der Waals surface area (Å²) in [6.45, 7) is 8.03. The molecule has 1 aliphatic carbocycles. The maximum Gasteiger partial charge on any atom is 0.0229 e. The molecule has 0 aromatic carbocycles. The Morgan fingerprint density at radius 2 is 2.15 bits per heavy atom. The van der Waals surface area contributed by atoms with E-state index in [1.807, 2.05) is 0 Å². The molecule has 2 heteroatoms. The maximum absolute atomic E-state index is 5.81. The summed E-state index contributed by atoms with van der Waals surface area (Å²) in [5, 5.41) is 0. The van der Waals surface area contributed by atoms with Crippen LogP contribution >= 0.6 is 0 Å². The van der Waals surface area contributed by atoms with Gasteiger partial charge in [-0.15, -0.1) is 0 Å². The molecule has 0 saturated carbocycles. The van der Waals surface area contributed by atoms with Crippen LogP contribution in [-0.2, 0) is 0 Å². The van der Waals surface area contributed by atoms with E-state index in [1.54, 1.807) is 0 Å². The summed E-state index contributed by atoms with van der Waals surface area (Å²) in [4.78, 5) is 2.51. The molecule has 0 aromatic rings. The first-order valence-electron chi connectivity index (χ1n) is 5.42. The van der Waals surface area contributed by atoms with Gasteiger partial charge in [0.25, 0.3) is 0 Å². The van der Waals surface area contributed by atoms with Gasteiger partial charge in [0, 0.05) is 12.6 Å². The molecule has 0 saturated heterocycles. The highest BCUT2D eigenvalue weighted by molar-refractivity contribution is 5.05. The second-order valence-corrected chi connectivity index (χ2v) is 3.94. The standard InChI is InChI=1S/C11H22N2/c1-3-7-13(4-2)9-10-5-6-11(12)8-10/h5-6,10-11H,3-4,7-9,12H2,1-2H3. The average Bonchev–Trinajstić information content (AvgIpc) is 2.50. The van der Waals surface area contributed by atoms with Crippen LogP contribution in [0, 0.1) is 5.92 Å². The molecule has 0 spiro atoms. The number of hydrogen-bond acceptors (Lipinski definition) is 2. The van der Waals surface area contributed by atoms with E-state index >= 15 is 0 Å². The molecule has 0 aromatic heterocycles. The lowest BCUT2D eigenvalue weighted by Gasteiger charge is -2.22. The van der Waals surface area contributed by atoms with Crippen LogP contribution in [-0.4, -0.2) is 30.6 Å². The van der Waals surface area contributed by atoms with E-state index in [0.717, 1.165) is 13.0 Å². The molecular weight excluding hydrogens is 160 g/mol. The van der Waals surface area contributed by atoms with Crippen molar-refractivity contribution < 1.29 is 0 Å². The zero-order chi connectivity index (χ0) is 9.68. The van der Waals surface area contributed by atoms with Crippen molar-refractivity contribution in [3.63, 3.8) is 0 Å². The van der Waals surface area contributed by atoms with Gasteiger partial charge in [-0.05, 0) is 31.8 Å². The quantitative estimate of drug-likeness (QED) is 0.655. The molecule has 0 radical (unpaired) electrons. The first-order valence-corrected chi connectivity index (χ1v) is 5.42. The lowest BCUT2D eigenvalue weighted by Crippen LogP contribution is -2.30. The third-order valence-electron chi connectivity index (χ3n) is 2.69. The largest absolute Gasteiger partial charge is 0.324 e. The molecular formula is C11H22N2. The number of nitrogens with two attached hydrogens (primary N) is 1. The Hall–Kier alpha value is -0.340. The van der Waals surface area contributed by atoms with E-state index in [4.69, 9.17) is 5.73 Å². The fourth-order valence-electron chi connectivity index (χ4n) is 1.97. The van der Waals surface area contributed by atoms with Crippen LogP contribution in [0.2, 0.25) is 0 Å². The fraction of sp³-hybridized carbons (Fsp3) is 0.818. The van der Waals surface area contributed by atoms with Gasteiger partial charge in [0.05, 0.1) is 0 Å². The summed E-state index contributed by atoms with van der Waals surface area (Å²) in [6.07, 6.45) is 6.81. The molecule has 1 rings (SSSR count). The smallest absolute Gasteiger partial charge is 0.0229 e. The summed E-state index contributed by atoms with van der Waals surface area (Å²) < 4.78 is 0. The predicted octanol–water partition coefficient (Wildman–Crippen LogP) is 1.62. The van der Waals surface area contributed by atoms with Crippen molar-refractivity contribution in [2.24, 2.45) is 11.7 Å². The number of nitrogens with zero attached hydrogens (tertiary/aromatic N) is 1. The first-order chi connectivity index (χ1) is 6.26. The topological polar surface area (TPSA) is 29.3 Å². The lowest BCUT2D eigenvalue weighted by atomic mass is 10.1. The SMILES string of the molecule is CCCN(CC)CC1C=CC(N)C1. The molecule has 1 aliphatic rings. The highest BCUT2D eigenvalue weighted by Crippen LogP contribution is 2.17. The summed E-state index contributed by atoms with van der Waals surface area (Å²) in [5.74, 6) is 0.696. The van der Waals surface area contributed by atoms with Crippen molar-refractivity contribution in [1.29, 1.82) is 0 Å². The van der Waals surface area contributed by atoms with Crippen molar-refractivity contribution >= 4 is 0 Å². The van der Waals surface area contributed by atoms with Crippen molar-refractivity contribution in [2.45, 2.75) is 32.7 Å². The molecule has 76 valence electrons. The van der Waals surface area contributed by atoms with Crippen molar-refractivity contribution in [2.75, 3.05) is 19.6 Å². The Kier molecular flexibility index (Phi) is 4.46. The van der Waals surface area contributed by atoms with Crippen molar-refractivity contribution in [3.8, 4) is 0 Å². The zero-order valence-corrected chi connectivity index (χ0v) is 8.87. The molecule has 0 aliphatic heterocycles. The van der Waals surface area contributed by atoms with Gasteiger partial charge in [-0.25, -0.2) is 0 Å². The summed E-state index contributed by atoms with van der Waals surface area (Å²) in [6, 6.07) is 0.310. The monoisotopic (exact) mass is 182 g/mol. The highest BCUT2D eigenvalue weighted by Gasteiger charge is 2.17. The minimum Gasteiger partial charge on any atom is -0.324 e. The van der Waals surface area contributed by atoms with E-state index in [0.29, 0.717) is 12.0 Å². The van der Waals surface area contributed by atoms with Gasteiger partial charge in [-0.1, -0.05) is 26.0 Å². The lowest BCUT2D eigenvalue weighted by molar-refractivity contribution is 0.257. The minimum absolute atomic E-state index is 0.310. The summed E-state index contributed by atoms with van der Waals surface area (Å²) in [5.41, 5.74) is 5.81. The van der Waals surface area contributed by atoms with Crippen LogP contribution in [0.1, 0.15) is 26.7 Å². The molecule has 13 heavy (non-hydrogen) atoms. The Labute approximate surface area is 81.8 Å². The van der Waals surface area contributed by atoms with E-state index < -0.39 is 0 Å². The van der Waals surface area contributed by atoms with E-state index in [9.17, 15) is 0 Å². The third kappa shape index (κ3) is 3.49. The Balaban J connectivity index is 2.26. The van der Waals surface area contributed by atoms with E-state index in [2.05, 4.69) is 30.9 Å². The molecule has 2 atom stereocenters. The zero-order valence-electron chi connectivity index (χ0n) is 8.87. The molecule has 2 nitrogen and oxygen atoms in total. The van der Waals surface area contributed by atoms with Crippen LogP contribution in [0.15, 0.2) is 12.2 Å².